The number of hydrogen-bond donors (Lipinski definition) is 3. The van der Waals surface area contributed by atoms with Crippen molar-refractivity contribution in [1.29, 1.82) is 0 Å². The topological polar surface area (TPSA) is 57.6 Å². The molecule has 0 saturated heterocycles. The zero-order chi connectivity index (χ0) is 17.8. The van der Waals surface area contributed by atoms with Gasteiger partial charge in [-0.15, -0.1) is 12.8 Å². The number of nitrogens with one attached hydrogen (secondary N) is 2. The molecule has 0 unspecified atom stereocenters. The van der Waals surface area contributed by atoms with Gasteiger partial charge in [0, 0.05) is 5.70 Å². The minimum atomic E-state index is 0.856. The van der Waals surface area contributed by atoms with Crippen molar-refractivity contribution in [2.45, 2.75) is 20.3 Å². The summed E-state index contributed by atoms with van der Waals surface area (Å²) in [5, 5.41) is 6.07. The number of rotatable bonds is 3. The molecule has 124 valence electrons. The lowest BCUT2D eigenvalue weighted by molar-refractivity contribution is 1.07. The van der Waals surface area contributed by atoms with Gasteiger partial charge in [-0.3, -0.25) is 10.2 Å². The monoisotopic (exact) mass is 319 g/mol. The van der Waals surface area contributed by atoms with Crippen LogP contribution in [0.5, 0.6) is 0 Å². The van der Waals surface area contributed by atoms with E-state index < -0.39 is 0 Å². The van der Waals surface area contributed by atoms with Crippen LogP contribution in [0.4, 0.5) is 0 Å². The highest BCUT2D eigenvalue weighted by Gasteiger charge is 2.00. The Labute approximate surface area is 144 Å². The maximum absolute atomic E-state index is 5.47. The van der Waals surface area contributed by atoms with Gasteiger partial charge in [0.2, 0.25) is 0 Å². The summed E-state index contributed by atoms with van der Waals surface area (Å²) in [7, 11) is 0. The van der Waals surface area contributed by atoms with Crippen LogP contribution in [0.2, 0.25) is 0 Å². The van der Waals surface area contributed by atoms with Gasteiger partial charge in [-0.25, -0.2) is 0 Å². The van der Waals surface area contributed by atoms with Crippen molar-refractivity contribution >= 4 is 11.0 Å². The van der Waals surface area contributed by atoms with Gasteiger partial charge in [-0.05, 0) is 42.7 Å². The van der Waals surface area contributed by atoms with Gasteiger partial charge in [0.15, 0.2) is 0 Å². The lowest BCUT2D eigenvalue weighted by atomic mass is 10.1. The first-order valence-corrected chi connectivity index (χ1v) is 7.87. The van der Waals surface area contributed by atoms with Crippen LogP contribution < -0.4 is 5.73 Å². The summed E-state index contributed by atoms with van der Waals surface area (Å²) >= 11 is 0. The second-order valence-electron chi connectivity index (χ2n) is 4.99. The fourth-order valence-corrected chi connectivity index (χ4v) is 2.14. The van der Waals surface area contributed by atoms with Crippen molar-refractivity contribution in [3.8, 4) is 24.0 Å². The molecule has 0 aliphatic carbocycles. The van der Waals surface area contributed by atoms with E-state index in [1.54, 1.807) is 0 Å². The minimum absolute atomic E-state index is 0.856. The predicted octanol–water partition coefficient (Wildman–Crippen LogP) is 5.23. The largest absolute Gasteiger partial charge is 0.399 e. The van der Waals surface area contributed by atoms with Crippen LogP contribution in [0.15, 0.2) is 72.5 Å². The van der Waals surface area contributed by atoms with Crippen molar-refractivity contribution < 1.29 is 0 Å². The quantitative estimate of drug-likeness (QED) is 0.449. The minimum Gasteiger partial charge on any atom is -0.399 e. The highest BCUT2D eigenvalue weighted by atomic mass is 15.1. The molecule has 3 rings (SSSR count). The van der Waals surface area contributed by atoms with E-state index >= 15 is 0 Å². The first-order valence-electron chi connectivity index (χ1n) is 7.87. The Morgan fingerprint density at radius 3 is 2.17 bits per heavy atom. The van der Waals surface area contributed by atoms with E-state index in [-0.39, 0.29) is 0 Å². The van der Waals surface area contributed by atoms with Crippen LogP contribution in [0.1, 0.15) is 20.3 Å². The molecule has 0 amide bonds. The van der Waals surface area contributed by atoms with Crippen LogP contribution in [0.3, 0.4) is 0 Å². The summed E-state index contributed by atoms with van der Waals surface area (Å²) in [6.07, 6.45) is 14.8. The molecule has 2 aromatic carbocycles. The maximum atomic E-state index is 5.47. The number of benzene rings is 2. The third-order valence-corrected chi connectivity index (χ3v) is 3.26. The van der Waals surface area contributed by atoms with Crippen molar-refractivity contribution in [3.05, 3.63) is 72.5 Å². The molecule has 0 fully saturated rings. The van der Waals surface area contributed by atoms with E-state index in [0.717, 1.165) is 12.1 Å². The Hall–Kier alpha value is -3.12. The Kier molecular flexibility index (Phi) is 8.34. The van der Waals surface area contributed by atoms with Crippen molar-refractivity contribution in [3.63, 3.8) is 0 Å². The van der Waals surface area contributed by atoms with Gasteiger partial charge < -0.3 is 5.73 Å². The van der Waals surface area contributed by atoms with E-state index in [2.05, 4.69) is 72.4 Å². The number of aromatic amines is 2. The summed E-state index contributed by atoms with van der Waals surface area (Å²) < 4.78 is 0. The second-order valence-corrected chi connectivity index (χ2v) is 4.99. The number of terminal acetylenes is 1. The van der Waals surface area contributed by atoms with Gasteiger partial charge >= 0.3 is 0 Å². The molecule has 0 aliphatic heterocycles. The molecule has 0 spiro atoms. The Morgan fingerprint density at radius 2 is 1.67 bits per heavy atom. The number of aromatic nitrogens is 2. The molecule has 0 aliphatic rings. The van der Waals surface area contributed by atoms with E-state index in [1.807, 2.05) is 31.2 Å². The number of allylic oxidation sites excluding steroid dienone is 3. The van der Waals surface area contributed by atoms with Gasteiger partial charge in [-0.2, -0.15) is 0 Å². The molecule has 4 N–H and O–H groups in total. The Balaban J connectivity index is 0.000000250. The van der Waals surface area contributed by atoms with E-state index in [0.29, 0.717) is 0 Å². The van der Waals surface area contributed by atoms with Crippen LogP contribution >= 0.6 is 0 Å². The third-order valence-electron chi connectivity index (χ3n) is 3.26. The first kappa shape index (κ1) is 18.9. The van der Waals surface area contributed by atoms with E-state index in [4.69, 9.17) is 5.73 Å². The molecular formula is C21H25N3. The summed E-state index contributed by atoms with van der Waals surface area (Å²) in [6.45, 7) is 4.02. The number of fused-ring (bicyclic) bond motifs is 1. The lowest BCUT2D eigenvalue weighted by Gasteiger charge is -2.06. The maximum Gasteiger partial charge on any atom is 0.0795 e. The Morgan fingerprint density at radius 1 is 1.00 bits per heavy atom. The zero-order valence-electron chi connectivity index (χ0n) is 14.3. The standard InChI is InChI=1S/C12H10N2.C7H13N.C2H2/c1-2-4-9(5-3-1)10-6-7-11-12(8-10)14-13-11;1-3-5-7(8)6-4-2;1-2/h1-8,13-14H;3,5-6H,4,8H2,1-2H3;1-2H/b;5-3-,7-6+;. The molecule has 24 heavy (non-hydrogen) atoms. The Bertz CT molecular complexity index is 786. The highest BCUT2D eigenvalue weighted by molar-refractivity contribution is 5.82. The van der Waals surface area contributed by atoms with Crippen molar-refractivity contribution in [2.75, 3.05) is 0 Å². The number of nitrogens with two attached hydrogens (primary N) is 1. The molecule has 3 heteroatoms. The average molecular weight is 319 g/mol. The predicted molar refractivity (Wildman–Crippen MR) is 105 cm³/mol. The molecule has 1 heterocycles. The molecule has 0 saturated carbocycles. The lowest BCUT2D eigenvalue weighted by Crippen LogP contribution is -1.90. The van der Waals surface area contributed by atoms with Gasteiger partial charge in [0.1, 0.15) is 0 Å². The van der Waals surface area contributed by atoms with Crippen LogP contribution in [0, 0.1) is 12.8 Å². The normalized spacial score (nSPS) is 10.8. The van der Waals surface area contributed by atoms with Gasteiger partial charge in [-0.1, -0.05) is 55.5 Å². The molecule has 0 radical (unpaired) electrons. The summed E-state index contributed by atoms with van der Waals surface area (Å²) in [5.74, 6) is 0. The molecule has 3 aromatic rings. The van der Waals surface area contributed by atoms with Crippen molar-refractivity contribution in [2.24, 2.45) is 5.73 Å². The van der Waals surface area contributed by atoms with Crippen LogP contribution in [0.25, 0.3) is 22.2 Å². The fourth-order valence-electron chi connectivity index (χ4n) is 2.14. The average Bonchev–Trinajstić information content (AvgIpc) is 2.60. The smallest absolute Gasteiger partial charge is 0.0795 e. The highest BCUT2D eigenvalue weighted by Crippen LogP contribution is 2.22. The fraction of sp³-hybridized carbons (Fsp3) is 0.143. The van der Waals surface area contributed by atoms with Crippen molar-refractivity contribution in [1.82, 2.24) is 10.2 Å². The molecule has 3 nitrogen and oxygen atoms in total. The number of hydrogen-bond acceptors (Lipinski definition) is 1. The van der Waals surface area contributed by atoms with E-state index in [9.17, 15) is 0 Å². The molecular weight excluding hydrogens is 294 g/mol. The van der Waals surface area contributed by atoms with Gasteiger partial charge in [0.05, 0.1) is 11.0 Å². The SMILES string of the molecule is C#C.C/C=C\C(N)=C/CC.c1ccc(-c2ccc3[nH][nH]c3c2)cc1. The van der Waals surface area contributed by atoms with E-state index in [1.165, 1.54) is 22.2 Å². The van der Waals surface area contributed by atoms with Crippen LogP contribution in [-0.2, 0) is 0 Å². The number of H-pyrrole nitrogens is 2. The molecule has 0 bridgehead atoms. The van der Waals surface area contributed by atoms with Crippen LogP contribution in [-0.4, -0.2) is 10.2 Å². The van der Waals surface area contributed by atoms with Gasteiger partial charge in [0.25, 0.3) is 0 Å². The summed E-state index contributed by atoms with van der Waals surface area (Å²) in [5.41, 5.74) is 11.2. The first-order chi connectivity index (χ1) is 11.7. The zero-order valence-corrected chi connectivity index (χ0v) is 14.3. The molecule has 0 atom stereocenters. The third kappa shape index (κ3) is 5.58. The molecule has 1 aromatic heterocycles. The summed E-state index contributed by atoms with van der Waals surface area (Å²) in [6, 6.07) is 16.8. The second kappa shape index (κ2) is 10.6. The summed E-state index contributed by atoms with van der Waals surface area (Å²) in [4.78, 5) is 0.